The summed E-state index contributed by atoms with van der Waals surface area (Å²) in [5.74, 6) is -1.62. The molecule has 118 valence electrons. The molecule has 0 bridgehead atoms. The van der Waals surface area contributed by atoms with E-state index < -0.39 is 12.0 Å². The predicted octanol–water partition coefficient (Wildman–Crippen LogP) is 1.53. The average molecular weight is 337 g/mol. The number of hydrogen-bond donors (Lipinski definition) is 0. The fourth-order valence-electron chi connectivity index (χ4n) is 2.26. The number of carbonyl (C=O) groups excluding carboxylic acids is 2. The summed E-state index contributed by atoms with van der Waals surface area (Å²) in [6, 6.07) is 2.75. The van der Waals surface area contributed by atoms with Crippen LogP contribution in [0.25, 0.3) is 6.08 Å². The highest BCUT2D eigenvalue weighted by molar-refractivity contribution is 8.26. The zero-order chi connectivity index (χ0) is 16.3. The van der Waals surface area contributed by atoms with Crippen LogP contribution in [0, 0.1) is 0 Å². The molecule has 1 atom stereocenters. The molecule has 1 amide bonds. The van der Waals surface area contributed by atoms with E-state index in [0.29, 0.717) is 17.7 Å². The van der Waals surface area contributed by atoms with Gasteiger partial charge >= 0.3 is 0 Å². The second-order valence-electron chi connectivity index (χ2n) is 5.07. The molecular weight excluding hydrogens is 320 g/mol. The van der Waals surface area contributed by atoms with Gasteiger partial charge in [-0.2, -0.15) is 0 Å². The molecule has 0 spiro atoms. The molecule has 1 fully saturated rings. The standard InChI is InChI=1S/C15H18N2O3S2/c1-3-4-7-11(14(19)20)17-13(18)12(22-15(17)21)9-10-6-5-8-16(10)2/h5-6,8-9,11H,3-4,7H2,1-2H3,(H,19,20)/p-1/b12-9+/t11-/m0/s1. The Morgan fingerprint density at radius 1 is 1.55 bits per heavy atom. The van der Waals surface area contributed by atoms with Gasteiger partial charge in [-0.1, -0.05) is 43.7 Å². The van der Waals surface area contributed by atoms with Crippen LogP contribution in [0.15, 0.2) is 23.2 Å². The average Bonchev–Trinajstić information content (AvgIpc) is 2.97. The van der Waals surface area contributed by atoms with E-state index in [0.717, 1.165) is 23.9 Å². The first-order valence-corrected chi connectivity index (χ1v) is 8.27. The van der Waals surface area contributed by atoms with Crippen molar-refractivity contribution in [2.75, 3.05) is 0 Å². The number of hydrogen-bond acceptors (Lipinski definition) is 5. The molecular formula is C15H17N2O3S2-. The van der Waals surface area contributed by atoms with Crippen molar-refractivity contribution < 1.29 is 14.7 Å². The quantitative estimate of drug-likeness (QED) is 0.582. The molecule has 0 saturated carbocycles. The van der Waals surface area contributed by atoms with E-state index in [-0.39, 0.29) is 10.2 Å². The third-order valence-electron chi connectivity index (χ3n) is 3.50. The molecule has 2 rings (SSSR count). The number of carboxylic acid groups (broad SMARTS) is 1. The van der Waals surface area contributed by atoms with E-state index in [1.54, 1.807) is 6.08 Å². The molecule has 1 aliphatic rings. The van der Waals surface area contributed by atoms with Crippen LogP contribution >= 0.6 is 24.0 Å². The maximum Gasteiger partial charge on any atom is 0.266 e. The lowest BCUT2D eigenvalue weighted by molar-refractivity contribution is -0.310. The Morgan fingerprint density at radius 3 is 2.82 bits per heavy atom. The van der Waals surface area contributed by atoms with Crippen LogP contribution in [0.5, 0.6) is 0 Å². The number of thioether (sulfide) groups is 1. The van der Waals surface area contributed by atoms with Gasteiger partial charge in [0.25, 0.3) is 5.91 Å². The van der Waals surface area contributed by atoms with E-state index in [4.69, 9.17) is 12.2 Å². The van der Waals surface area contributed by atoms with Gasteiger partial charge in [0, 0.05) is 18.9 Å². The molecule has 0 radical (unpaired) electrons. The zero-order valence-electron chi connectivity index (χ0n) is 12.4. The molecule has 1 aromatic heterocycles. The first-order valence-electron chi connectivity index (χ1n) is 7.05. The Labute approximate surface area is 139 Å². The van der Waals surface area contributed by atoms with Gasteiger partial charge in [-0.3, -0.25) is 9.69 Å². The molecule has 22 heavy (non-hydrogen) atoms. The molecule has 0 N–H and O–H groups in total. The molecule has 7 heteroatoms. The maximum absolute atomic E-state index is 12.5. The molecule has 5 nitrogen and oxygen atoms in total. The van der Waals surface area contributed by atoms with Crippen molar-refractivity contribution in [1.82, 2.24) is 9.47 Å². The van der Waals surface area contributed by atoms with Crippen molar-refractivity contribution in [2.45, 2.75) is 32.2 Å². The number of carbonyl (C=O) groups is 2. The third-order valence-corrected chi connectivity index (χ3v) is 4.83. The summed E-state index contributed by atoms with van der Waals surface area (Å²) in [7, 11) is 1.87. The van der Waals surface area contributed by atoms with Crippen molar-refractivity contribution in [2.24, 2.45) is 7.05 Å². The van der Waals surface area contributed by atoms with Crippen molar-refractivity contribution in [3.8, 4) is 0 Å². The lowest BCUT2D eigenvalue weighted by atomic mass is 10.1. The highest BCUT2D eigenvalue weighted by Gasteiger charge is 2.37. The zero-order valence-corrected chi connectivity index (χ0v) is 14.1. The number of nitrogens with zero attached hydrogens (tertiary/aromatic N) is 2. The lowest BCUT2D eigenvalue weighted by Gasteiger charge is -2.27. The number of amides is 1. The highest BCUT2D eigenvalue weighted by atomic mass is 32.2. The largest absolute Gasteiger partial charge is 0.548 e. The van der Waals surface area contributed by atoms with Crippen LogP contribution in [0.4, 0.5) is 0 Å². The summed E-state index contributed by atoms with van der Waals surface area (Å²) in [6.45, 7) is 1.96. The predicted molar refractivity (Wildman–Crippen MR) is 88.7 cm³/mol. The van der Waals surface area contributed by atoms with Gasteiger partial charge in [0.15, 0.2) is 0 Å². The van der Waals surface area contributed by atoms with Crippen LogP contribution in [0.2, 0.25) is 0 Å². The first-order chi connectivity index (χ1) is 10.5. The smallest absolute Gasteiger partial charge is 0.266 e. The van der Waals surface area contributed by atoms with Crippen molar-refractivity contribution in [3.63, 3.8) is 0 Å². The number of thiocarbonyl (C=S) groups is 1. The van der Waals surface area contributed by atoms with Crippen molar-refractivity contribution >= 4 is 46.3 Å². The second-order valence-corrected chi connectivity index (χ2v) is 6.75. The van der Waals surface area contributed by atoms with Crippen LogP contribution in [0.3, 0.4) is 0 Å². The van der Waals surface area contributed by atoms with Gasteiger partial charge < -0.3 is 14.5 Å². The van der Waals surface area contributed by atoms with Crippen molar-refractivity contribution in [3.05, 3.63) is 28.9 Å². The number of aryl methyl sites for hydroxylation is 1. The normalized spacial score (nSPS) is 18.3. The molecule has 1 saturated heterocycles. The van der Waals surface area contributed by atoms with Crippen LogP contribution < -0.4 is 5.11 Å². The van der Waals surface area contributed by atoms with Crippen LogP contribution in [0.1, 0.15) is 31.9 Å². The second kappa shape index (κ2) is 7.11. The Morgan fingerprint density at radius 2 is 2.27 bits per heavy atom. The summed E-state index contributed by atoms with van der Waals surface area (Å²) in [4.78, 5) is 25.5. The minimum absolute atomic E-state index is 0.274. The molecule has 0 unspecified atom stereocenters. The van der Waals surface area contributed by atoms with Gasteiger partial charge in [-0.25, -0.2) is 0 Å². The fourth-order valence-corrected chi connectivity index (χ4v) is 3.60. The maximum atomic E-state index is 12.5. The Bertz CT molecular complexity index is 636. The molecule has 0 aliphatic carbocycles. The van der Waals surface area contributed by atoms with Crippen molar-refractivity contribution in [1.29, 1.82) is 0 Å². The van der Waals surface area contributed by atoms with Crippen LogP contribution in [-0.2, 0) is 16.6 Å². The number of rotatable bonds is 6. The summed E-state index contributed by atoms with van der Waals surface area (Å²) in [6.07, 6.45) is 5.50. The van der Waals surface area contributed by atoms with Gasteiger partial charge in [-0.05, 0) is 24.6 Å². The SMILES string of the molecule is CCCC[C@@H](C(=O)[O-])N1C(=O)/C(=C\c2cccn2C)SC1=S. The van der Waals surface area contributed by atoms with Gasteiger partial charge in [0.2, 0.25) is 0 Å². The highest BCUT2D eigenvalue weighted by Crippen LogP contribution is 2.34. The van der Waals surface area contributed by atoms with Gasteiger partial charge in [0.1, 0.15) is 4.32 Å². The van der Waals surface area contributed by atoms with Gasteiger partial charge in [-0.15, -0.1) is 0 Å². The Kier molecular flexibility index (Phi) is 5.42. The third kappa shape index (κ3) is 3.41. The van der Waals surface area contributed by atoms with Crippen LogP contribution in [-0.4, -0.2) is 31.7 Å². The Balaban J connectivity index is 2.26. The topological polar surface area (TPSA) is 65.4 Å². The summed E-state index contributed by atoms with van der Waals surface area (Å²) in [5, 5.41) is 11.4. The minimum atomic E-state index is -1.26. The first kappa shape index (κ1) is 16.8. The Hall–Kier alpha value is -1.60. The minimum Gasteiger partial charge on any atom is -0.548 e. The number of aromatic nitrogens is 1. The van der Waals surface area contributed by atoms with E-state index in [9.17, 15) is 14.7 Å². The van der Waals surface area contributed by atoms with Gasteiger partial charge in [0.05, 0.1) is 16.9 Å². The number of unbranched alkanes of at least 4 members (excludes halogenated alkanes) is 1. The summed E-state index contributed by atoms with van der Waals surface area (Å²) in [5.41, 5.74) is 0.860. The molecule has 0 aromatic carbocycles. The number of aliphatic carboxylic acids is 1. The molecule has 1 aliphatic heterocycles. The lowest BCUT2D eigenvalue weighted by Crippen LogP contribution is -2.49. The van der Waals surface area contributed by atoms with E-state index in [1.165, 1.54) is 4.90 Å². The number of carboxylic acids is 1. The molecule has 1 aromatic rings. The molecule has 2 heterocycles. The monoisotopic (exact) mass is 337 g/mol. The van der Waals surface area contributed by atoms with E-state index >= 15 is 0 Å². The summed E-state index contributed by atoms with van der Waals surface area (Å²) >= 11 is 6.33. The van der Waals surface area contributed by atoms with E-state index in [2.05, 4.69) is 0 Å². The fraction of sp³-hybridized carbons (Fsp3) is 0.400. The summed E-state index contributed by atoms with van der Waals surface area (Å²) < 4.78 is 2.15. The van der Waals surface area contributed by atoms with E-state index in [1.807, 2.05) is 36.9 Å².